The van der Waals surface area contributed by atoms with Crippen LogP contribution in [0, 0.1) is 0 Å². The molecule has 0 unspecified atom stereocenters. The maximum Gasteiger partial charge on any atom is 0.417 e. The van der Waals surface area contributed by atoms with Crippen LogP contribution >= 0.6 is 15.9 Å². The second-order valence-corrected chi connectivity index (χ2v) is 8.09. The highest BCUT2D eigenvalue weighted by Crippen LogP contribution is 2.39. The number of halogens is 4. The molecule has 1 saturated carbocycles. The van der Waals surface area contributed by atoms with Gasteiger partial charge in [0.15, 0.2) is 9.84 Å². The average molecular weight is 387 g/mol. The first-order chi connectivity index (χ1) is 9.66. The van der Waals surface area contributed by atoms with E-state index in [9.17, 15) is 21.6 Å². The molecule has 1 aromatic carbocycles. The number of rotatable bonds is 3. The van der Waals surface area contributed by atoms with Crippen molar-refractivity contribution in [2.24, 2.45) is 0 Å². The molecular formula is C13H14BrF3O3S. The van der Waals surface area contributed by atoms with Gasteiger partial charge in [0.2, 0.25) is 0 Å². The molecule has 0 N–H and O–H groups in total. The van der Waals surface area contributed by atoms with E-state index in [1.54, 1.807) is 0 Å². The van der Waals surface area contributed by atoms with E-state index in [1.807, 2.05) is 0 Å². The van der Waals surface area contributed by atoms with Gasteiger partial charge in [0.05, 0.1) is 21.8 Å². The molecule has 1 aliphatic carbocycles. The normalized spacial score (nSPS) is 23.5. The van der Waals surface area contributed by atoms with Crippen LogP contribution in [0.2, 0.25) is 0 Å². The Morgan fingerprint density at radius 2 is 1.95 bits per heavy atom. The standard InChI is InChI=1S/C13H14BrF3O3S/c1-20-9-3-4-10(7-9)21(18,19)12-5-2-8(14)6-11(12)13(15,16)17/h2,5-6,9-10H,3-4,7H2,1H3/t9-,10-/m0/s1. The lowest BCUT2D eigenvalue weighted by molar-refractivity contribution is -0.139. The predicted molar refractivity (Wildman–Crippen MR) is 74.8 cm³/mol. The summed E-state index contributed by atoms with van der Waals surface area (Å²) in [6, 6.07) is 3.13. The van der Waals surface area contributed by atoms with Crippen LogP contribution in [0.4, 0.5) is 13.2 Å². The molecule has 0 saturated heterocycles. The Balaban J connectivity index is 2.46. The minimum absolute atomic E-state index is 0.190. The molecule has 0 amide bonds. The highest BCUT2D eigenvalue weighted by atomic mass is 79.9. The minimum atomic E-state index is -4.72. The van der Waals surface area contributed by atoms with Crippen molar-refractivity contribution in [1.82, 2.24) is 0 Å². The Hall–Kier alpha value is -0.600. The summed E-state index contributed by atoms with van der Waals surface area (Å²) in [5, 5.41) is -0.829. The molecule has 2 atom stereocenters. The zero-order valence-electron chi connectivity index (χ0n) is 11.2. The fraction of sp³-hybridized carbons (Fsp3) is 0.538. The lowest BCUT2D eigenvalue weighted by Crippen LogP contribution is -2.23. The van der Waals surface area contributed by atoms with Gasteiger partial charge < -0.3 is 4.74 Å². The van der Waals surface area contributed by atoms with E-state index in [1.165, 1.54) is 13.2 Å². The fourth-order valence-corrected chi connectivity index (χ4v) is 4.92. The first-order valence-electron chi connectivity index (χ1n) is 6.29. The zero-order valence-corrected chi connectivity index (χ0v) is 13.6. The Kier molecular flexibility index (Phi) is 4.70. The highest BCUT2D eigenvalue weighted by molar-refractivity contribution is 9.10. The molecule has 21 heavy (non-hydrogen) atoms. The molecule has 118 valence electrons. The quantitative estimate of drug-likeness (QED) is 0.793. The topological polar surface area (TPSA) is 43.4 Å². The van der Waals surface area contributed by atoms with E-state index in [-0.39, 0.29) is 17.0 Å². The largest absolute Gasteiger partial charge is 0.417 e. The smallest absolute Gasteiger partial charge is 0.381 e. The van der Waals surface area contributed by atoms with E-state index in [0.29, 0.717) is 12.8 Å². The van der Waals surface area contributed by atoms with Gasteiger partial charge in [0.25, 0.3) is 0 Å². The van der Waals surface area contributed by atoms with Crippen LogP contribution < -0.4 is 0 Å². The van der Waals surface area contributed by atoms with Gasteiger partial charge >= 0.3 is 6.18 Å². The first kappa shape index (κ1) is 16.8. The lowest BCUT2D eigenvalue weighted by atomic mass is 10.2. The summed E-state index contributed by atoms with van der Waals surface area (Å²) in [7, 11) is -2.56. The SMILES string of the molecule is CO[C@H]1CC[C@H](S(=O)(=O)c2ccc(Br)cc2C(F)(F)F)C1. The van der Waals surface area contributed by atoms with Crippen LogP contribution in [0.15, 0.2) is 27.6 Å². The molecule has 2 rings (SSSR count). The second kappa shape index (κ2) is 5.89. The van der Waals surface area contributed by atoms with Gasteiger partial charge in [-0.05, 0) is 37.5 Å². The third-order valence-electron chi connectivity index (χ3n) is 3.66. The van der Waals surface area contributed by atoms with Crippen LogP contribution in [0.5, 0.6) is 0 Å². The van der Waals surface area contributed by atoms with Crippen molar-refractivity contribution < 1.29 is 26.3 Å². The van der Waals surface area contributed by atoms with E-state index in [2.05, 4.69) is 15.9 Å². The first-order valence-corrected chi connectivity index (χ1v) is 8.63. The van der Waals surface area contributed by atoms with Crippen molar-refractivity contribution in [3.05, 3.63) is 28.2 Å². The van der Waals surface area contributed by atoms with Gasteiger partial charge in [-0.2, -0.15) is 13.2 Å². The predicted octanol–water partition coefficient (Wildman–Crippen LogP) is 3.81. The molecule has 0 heterocycles. The Bertz CT molecular complexity index is 628. The van der Waals surface area contributed by atoms with Crippen LogP contribution in [-0.2, 0) is 20.8 Å². The van der Waals surface area contributed by atoms with E-state index >= 15 is 0 Å². The summed E-state index contributed by atoms with van der Waals surface area (Å²) in [5.41, 5.74) is -1.13. The van der Waals surface area contributed by atoms with Crippen molar-refractivity contribution >= 4 is 25.8 Å². The van der Waals surface area contributed by atoms with E-state index < -0.39 is 31.7 Å². The number of benzene rings is 1. The van der Waals surface area contributed by atoms with Gasteiger partial charge in [-0.25, -0.2) is 8.42 Å². The minimum Gasteiger partial charge on any atom is -0.381 e. The molecule has 1 aliphatic rings. The van der Waals surface area contributed by atoms with Crippen molar-refractivity contribution in [3.63, 3.8) is 0 Å². The van der Waals surface area contributed by atoms with Gasteiger partial charge in [-0.1, -0.05) is 15.9 Å². The van der Waals surface area contributed by atoms with Crippen molar-refractivity contribution in [1.29, 1.82) is 0 Å². The van der Waals surface area contributed by atoms with E-state index in [0.717, 1.165) is 12.1 Å². The third-order valence-corrected chi connectivity index (χ3v) is 6.43. The van der Waals surface area contributed by atoms with Crippen molar-refractivity contribution in [2.75, 3.05) is 7.11 Å². The third kappa shape index (κ3) is 3.43. The Morgan fingerprint density at radius 3 is 2.48 bits per heavy atom. The Morgan fingerprint density at radius 1 is 1.29 bits per heavy atom. The summed E-state index contributed by atoms with van der Waals surface area (Å²) >= 11 is 2.94. The Labute approximate surface area is 129 Å². The van der Waals surface area contributed by atoms with Gasteiger partial charge in [-0.15, -0.1) is 0 Å². The maximum absolute atomic E-state index is 13.1. The average Bonchev–Trinajstić information content (AvgIpc) is 2.86. The molecule has 0 bridgehead atoms. The molecule has 0 aliphatic heterocycles. The molecule has 0 aromatic heterocycles. The van der Waals surface area contributed by atoms with Crippen molar-refractivity contribution in [2.45, 2.75) is 41.7 Å². The maximum atomic E-state index is 13.1. The molecular weight excluding hydrogens is 373 g/mol. The summed E-state index contributed by atoms with van der Waals surface area (Å²) in [6.07, 6.45) is -3.85. The molecule has 1 aromatic rings. The molecule has 1 fully saturated rings. The summed E-state index contributed by atoms with van der Waals surface area (Å²) in [4.78, 5) is -0.653. The number of sulfone groups is 1. The van der Waals surface area contributed by atoms with E-state index in [4.69, 9.17) is 4.74 Å². The van der Waals surface area contributed by atoms with Crippen LogP contribution in [0.1, 0.15) is 24.8 Å². The monoisotopic (exact) mass is 386 g/mol. The molecule has 8 heteroatoms. The number of methoxy groups -OCH3 is 1. The number of hydrogen-bond donors (Lipinski definition) is 0. The van der Waals surface area contributed by atoms with Crippen LogP contribution in [0.25, 0.3) is 0 Å². The highest BCUT2D eigenvalue weighted by Gasteiger charge is 2.42. The second-order valence-electron chi connectivity index (χ2n) is 4.98. The zero-order chi connectivity index (χ0) is 15.8. The molecule has 0 radical (unpaired) electrons. The summed E-state index contributed by atoms with van der Waals surface area (Å²) in [5.74, 6) is 0. The van der Waals surface area contributed by atoms with Gasteiger partial charge in [0.1, 0.15) is 0 Å². The van der Waals surface area contributed by atoms with Crippen LogP contribution in [0.3, 0.4) is 0 Å². The van der Waals surface area contributed by atoms with Gasteiger partial charge in [-0.3, -0.25) is 0 Å². The fourth-order valence-electron chi connectivity index (χ4n) is 2.55. The molecule has 3 nitrogen and oxygen atoms in total. The number of ether oxygens (including phenoxy) is 1. The van der Waals surface area contributed by atoms with Crippen molar-refractivity contribution in [3.8, 4) is 0 Å². The molecule has 0 spiro atoms. The van der Waals surface area contributed by atoms with Gasteiger partial charge in [0, 0.05) is 11.6 Å². The number of hydrogen-bond acceptors (Lipinski definition) is 3. The summed E-state index contributed by atoms with van der Waals surface area (Å²) in [6.45, 7) is 0. The lowest BCUT2D eigenvalue weighted by Gasteiger charge is -2.17. The number of alkyl halides is 3. The van der Waals surface area contributed by atoms with Crippen LogP contribution in [-0.4, -0.2) is 26.9 Å². The summed E-state index contributed by atoms with van der Waals surface area (Å²) < 4.78 is 69.5.